The Hall–Kier alpha value is -2.15. The summed E-state index contributed by atoms with van der Waals surface area (Å²) in [6.07, 6.45) is 0.143. The zero-order chi connectivity index (χ0) is 17.3. The fourth-order valence-corrected chi connectivity index (χ4v) is 1.48. The number of aliphatic carboxylic acids is 1. The molecule has 1 aromatic rings. The predicted octanol–water partition coefficient (Wildman–Crippen LogP) is 2.29. The molecular formula is C14H17ClFNO5. The molecule has 1 unspecified atom stereocenters. The van der Waals surface area contributed by atoms with Crippen molar-refractivity contribution in [1.82, 2.24) is 0 Å². The molecule has 0 aromatic heterocycles. The Balaban J connectivity index is 0.000000425. The van der Waals surface area contributed by atoms with E-state index in [9.17, 15) is 18.8 Å². The lowest BCUT2D eigenvalue weighted by Gasteiger charge is -2.08. The highest BCUT2D eigenvalue weighted by Crippen LogP contribution is 2.15. The number of nitrogen functional groups attached to an aromatic ring is 1. The van der Waals surface area contributed by atoms with Crippen LogP contribution in [0, 0.1) is 11.7 Å². The van der Waals surface area contributed by atoms with Gasteiger partial charge in [0.1, 0.15) is 11.7 Å². The number of halogens is 2. The molecular weight excluding hydrogens is 317 g/mol. The first-order valence-corrected chi connectivity index (χ1v) is 6.76. The first-order chi connectivity index (χ1) is 10.2. The van der Waals surface area contributed by atoms with Crippen molar-refractivity contribution in [2.45, 2.75) is 20.3 Å². The molecule has 0 radical (unpaired) electrons. The van der Waals surface area contributed by atoms with Crippen molar-refractivity contribution in [3.05, 3.63) is 29.0 Å². The van der Waals surface area contributed by atoms with E-state index in [-0.39, 0.29) is 18.1 Å². The molecule has 6 nitrogen and oxygen atoms in total. The molecule has 3 N–H and O–H groups in total. The standard InChI is InChI=1S/C8H12O5.C6H5ClFN/c1-3-5(6(9)7(10)11)8(12)13-4-2;7-5-2-1-4(9)3-6(5)8/h5H,3-4H2,1-2H3,(H,10,11);1-3H,9H2. The smallest absolute Gasteiger partial charge is 0.373 e. The summed E-state index contributed by atoms with van der Waals surface area (Å²) >= 11 is 5.35. The second-order valence-electron chi connectivity index (χ2n) is 4.06. The van der Waals surface area contributed by atoms with Crippen LogP contribution < -0.4 is 5.73 Å². The molecule has 0 spiro atoms. The molecule has 0 saturated carbocycles. The number of carbonyl (C=O) groups is 3. The molecule has 0 heterocycles. The second-order valence-corrected chi connectivity index (χ2v) is 4.46. The van der Waals surface area contributed by atoms with Gasteiger partial charge in [-0.25, -0.2) is 9.18 Å². The highest BCUT2D eigenvalue weighted by molar-refractivity contribution is 6.37. The summed E-state index contributed by atoms with van der Waals surface area (Å²) in [7, 11) is 0. The number of esters is 1. The third-order valence-corrected chi connectivity index (χ3v) is 2.76. The molecule has 1 rings (SSSR count). The lowest BCUT2D eigenvalue weighted by atomic mass is 10.0. The zero-order valence-electron chi connectivity index (χ0n) is 12.1. The molecule has 0 bridgehead atoms. The minimum absolute atomic E-state index is 0.101. The Labute approximate surface area is 132 Å². The van der Waals surface area contributed by atoms with Gasteiger partial charge in [-0.15, -0.1) is 0 Å². The van der Waals surface area contributed by atoms with Crippen LogP contribution in [-0.4, -0.2) is 29.4 Å². The van der Waals surface area contributed by atoms with E-state index in [2.05, 4.69) is 4.74 Å². The van der Waals surface area contributed by atoms with Gasteiger partial charge in [0.2, 0.25) is 0 Å². The monoisotopic (exact) mass is 333 g/mol. The van der Waals surface area contributed by atoms with Crippen molar-refractivity contribution in [3.8, 4) is 0 Å². The molecule has 8 heteroatoms. The van der Waals surface area contributed by atoms with Gasteiger partial charge in [0, 0.05) is 5.69 Å². The average molecular weight is 334 g/mol. The maximum Gasteiger partial charge on any atom is 0.373 e. The summed E-state index contributed by atoms with van der Waals surface area (Å²) in [5.41, 5.74) is 5.61. The molecule has 0 fully saturated rings. The molecule has 0 amide bonds. The Morgan fingerprint density at radius 1 is 1.36 bits per heavy atom. The highest BCUT2D eigenvalue weighted by Gasteiger charge is 2.30. The maximum absolute atomic E-state index is 12.4. The van der Waals surface area contributed by atoms with Crippen LogP contribution in [-0.2, 0) is 19.1 Å². The number of rotatable bonds is 5. The highest BCUT2D eigenvalue weighted by atomic mass is 35.5. The first-order valence-electron chi connectivity index (χ1n) is 6.38. The van der Waals surface area contributed by atoms with Gasteiger partial charge in [0.15, 0.2) is 0 Å². The molecule has 0 aliphatic rings. The van der Waals surface area contributed by atoms with Crippen LogP contribution in [0.3, 0.4) is 0 Å². The number of Topliss-reactive ketones (excluding diaryl/α,β-unsaturated/α-hetero) is 1. The van der Waals surface area contributed by atoms with Crippen LogP contribution in [0.25, 0.3) is 0 Å². The van der Waals surface area contributed by atoms with Gasteiger partial charge in [-0.05, 0) is 31.5 Å². The van der Waals surface area contributed by atoms with E-state index in [1.54, 1.807) is 19.9 Å². The molecule has 0 aliphatic heterocycles. The number of nitrogens with two attached hydrogens (primary N) is 1. The number of carboxylic acids is 1. The molecule has 122 valence electrons. The maximum atomic E-state index is 12.4. The minimum atomic E-state index is -1.60. The van der Waals surface area contributed by atoms with Crippen LogP contribution in [0.2, 0.25) is 5.02 Å². The van der Waals surface area contributed by atoms with Crippen molar-refractivity contribution in [2.24, 2.45) is 5.92 Å². The van der Waals surface area contributed by atoms with Gasteiger partial charge in [-0.3, -0.25) is 9.59 Å². The van der Waals surface area contributed by atoms with Gasteiger partial charge in [0.05, 0.1) is 11.6 Å². The Kier molecular flexibility index (Phi) is 8.78. The largest absolute Gasteiger partial charge is 0.475 e. The summed E-state index contributed by atoms with van der Waals surface area (Å²) in [4.78, 5) is 32.2. The van der Waals surface area contributed by atoms with E-state index < -0.39 is 29.5 Å². The van der Waals surface area contributed by atoms with Gasteiger partial charge < -0.3 is 15.6 Å². The van der Waals surface area contributed by atoms with Crippen molar-refractivity contribution >= 4 is 35.0 Å². The number of ether oxygens (including phenoxy) is 1. The van der Waals surface area contributed by atoms with E-state index in [0.29, 0.717) is 5.69 Å². The lowest BCUT2D eigenvalue weighted by molar-refractivity contribution is -0.159. The molecule has 0 aliphatic carbocycles. The molecule has 1 aromatic carbocycles. The summed E-state index contributed by atoms with van der Waals surface area (Å²) in [5, 5.41) is 8.44. The van der Waals surface area contributed by atoms with Crippen LogP contribution in [0.5, 0.6) is 0 Å². The van der Waals surface area contributed by atoms with E-state index >= 15 is 0 Å². The van der Waals surface area contributed by atoms with E-state index in [0.717, 1.165) is 0 Å². The van der Waals surface area contributed by atoms with Gasteiger partial charge in [0.25, 0.3) is 5.78 Å². The van der Waals surface area contributed by atoms with E-state index in [1.807, 2.05) is 0 Å². The third kappa shape index (κ3) is 6.53. The summed E-state index contributed by atoms with van der Waals surface area (Å²) in [5.74, 6) is -5.12. The number of hydrogen-bond acceptors (Lipinski definition) is 5. The SMILES string of the molecule is CCOC(=O)C(CC)C(=O)C(=O)O.Nc1ccc(Cl)c(F)c1. The number of anilines is 1. The van der Waals surface area contributed by atoms with Crippen molar-refractivity contribution in [3.63, 3.8) is 0 Å². The van der Waals surface area contributed by atoms with Gasteiger partial charge in [-0.1, -0.05) is 18.5 Å². The number of carboxylic acid groups (broad SMARTS) is 1. The zero-order valence-corrected chi connectivity index (χ0v) is 12.9. The van der Waals surface area contributed by atoms with Crippen LogP contribution in [0.15, 0.2) is 18.2 Å². The van der Waals surface area contributed by atoms with Crippen LogP contribution >= 0.6 is 11.6 Å². The summed E-state index contributed by atoms with van der Waals surface area (Å²) in [6.45, 7) is 3.29. The Bertz CT molecular complexity index is 550. The van der Waals surface area contributed by atoms with Crippen molar-refractivity contribution in [2.75, 3.05) is 12.3 Å². The minimum Gasteiger partial charge on any atom is -0.475 e. The predicted molar refractivity (Wildman–Crippen MR) is 78.9 cm³/mol. The number of hydrogen-bond donors (Lipinski definition) is 2. The lowest BCUT2D eigenvalue weighted by Crippen LogP contribution is -2.30. The molecule has 1 atom stereocenters. The molecule has 0 saturated heterocycles. The van der Waals surface area contributed by atoms with Gasteiger partial charge in [-0.2, -0.15) is 0 Å². The third-order valence-electron chi connectivity index (χ3n) is 2.45. The van der Waals surface area contributed by atoms with E-state index in [1.165, 1.54) is 12.1 Å². The molecule has 22 heavy (non-hydrogen) atoms. The summed E-state index contributed by atoms with van der Waals surface area (Å²) in [6, 6.07) is 4.15. The average Bonchev–Trinajstić information content (AvgIpc) is 2.45. The van der Waals surface area contributed by atoms with Gasteiger partial charge >= 0.3 is 11.9 Å². The fourth-order valence-electron chi connectivity index (χ4n) is 1.36. The van der Waals surface area contributed by atoms with Crippen LogP contribution in [0.1, 0.15) is 20.3 Å². The van der Waals surface area contributed by atoms with Crippen LogP contribution in [0.4, 0.5) is 10.1 Å². The first kappa shape index (κ1) is 19.9. The van der Waals surface area contributed by atoms with E-state index in [4.69, 9.17) is 22.4 Å². The number of benzene rings is 1. The quantitative estimate of drug-likeness (QED) is 0.370. The second kappa shape index (κ2) is 9.73. The number of carbonyl (C=O) groups excluding carboxylic acids is 2. The van der Waals surface area contributed by atoms with Crippen molar-refractivity contribution in [1.29, 1.82) is 0 Å². The normalized spacial score (nSPS) is 10.9. The Morgan fingerprint density at radius 3 is 2.32 bits per heavy atom. The number of ketones is 1. The topological polar surface area (TPSA) is 107 Å². The van der Waals surface area contributed by atoms with Crippen molar-refractivity contribution < 1.29 is 28.6 Å². The fraction of sp³-hybridized carbons (Fsp3) is 0.357. The summed E-state index contributed by atoms with van der Waals surface area (Å²) < 4.78 is 16.9. The Morgan fingerprint density at radius 2 is 1.95 bits per heavy atom.